The van der Waals surface area contributed by atoms with Gasteiger partial charge in [0.05, 0.1) is 0 Å². The van der Waals surface area contributed by atoms with E-state index in [1.807, 2.05) is 30.3 Å². The van der Waals surface area contributed by atoms with Crippen molar-refractivity contribution in [2.24, 2.45) is 0 Å². The molecule has 0 aliphatic heterocycles. The lowest BCUT2D eigenvalue weighted by Gasteiger charge is -2.12. The van der Waals surface area contributed by atoms with Crippen LogP contribution in [0.3, 0.4) is 0 Å². The van der Waals surface area contributed by atoms with Crippen LogP contribution in [0.4, 0.5) is 0 Å². The fourth-order valence-corrected chi connectivity index (χ4v) is 8.31. The largest absolute Gasteiger partial charge is 0.455 e. The molecule has 11 rings (SSSR count). The highest BCUT2D eigenvalue weighted by atomic mass is 16.3. The third-order valence-corrected chi connectivity index (χ3v) is 11.2. The highest BCUT2D eigenvalue weighted by molar-refractivity contribution is 6.15. The molecule has 0 aliphatic carbocycles. The minimum atomic E-state index is 0.582. The number of fused-ring (bicyclic) bond motifs is 4. The summed E-state index contributed by atoms with van der Waals surface area (Å²) in [5, 5.41) is 4.16. The van der Waals surface area contributed by atoms with Crippen LogP contribution in [-0.4, -0.2) is 15.0 Å². The van der Waals surface area contributed by atoms with Crippen molar-refractivity contribution in [1.82, 2.24) is 15.0 Å². The summed E-state index contributed by atoms with van der Waals surface area (Å²) in [5.74, 6) is 1.79. The molecule has 9 aromatic carbocycles. The highest BCUT2D eigenvalue weighted by Crippen LogP contribution is 2.43. The third kappa shape index (κ3) is 6.24. The zero-order chi connectivity index (χ0) is 39.1. The molecule has 4 heteroatoms. The fraction of sp³-hybridized carbons (Fsp3) is 0. The molecule has 0 fully saturated rings. The molecule has 2 aromatic heterocycles. The number of benzene rings is 9. The molecule has 2 heterocycles. The van der Waals surface area contributed by atoms with Crippen LogP contribution in [0, 0.1) is 0 Å². The second-order valence-electron chi connectivity index (χ2n) is 14.7. The minimum absolute atomic E-state index is 0.582. The summed E-state index contributed by atoms with van der Waals surface area (Å²) in [4.78, 5) is 15.8. The van der Waals surface area contributed by atoms with Gasteiger partial charge >= 0.3 is 0 Å². The third-order valence-electron chi connectivity index (χ3n) is 11.2. The number of hydrogen-bond donors (Lipinski definition) is 0. The summed E-state index contributed by atoms with van der Waals surface area (Å²) in [6, 6.07) is 73.9. The lowest BCUT2D eigenvalue weighted by atomic mass is 9.93. The first-order chi connectivity index (χ1) is 29.2. The molecule has 0 unspecified atom stereocenters. The maximum Gasteiger partial charge on any atom is 0.164 e. The van der Waals surface area contributed by atoms with E-state index in [0.29, 0.717) is 17.5 Å². The average molecular weight is 754 g/mol. The van der Waals surface area contributed by atoms with Crippen LogP contribution >= 0.6 is 0 Å². The van der Waals surface area contributed by atoms with Crippen molar-refractivity contribution < 1.29 is 4.42 Å². The number of aromatic nitrogens is 3. The Hall–Kier alpha value is -7.95. The molecule has 0 atom stereocenters. The Kier molecular flexibility index (Phi) is 8.45. The van der Waals surface area contributed by atoms with Gasteiger partial charge in [-0.1, -0.05) is 200 Å². The van der Waals surface area contributed by atoms with Gasteiger partial charge in [-0.3, -0.25) is 0 Å². The lowest BCUT2D eigenvalue weighted by Crippen LogP contribution is -2.01. The SMILES string of the molecule is c1ccc(-c2ccc(-c3nc(-c4cccc5cc(-c6ccccc6)ccc45)nc(-c4cccc5oc6c(-c7ccccc7-c7ccccc7)cccc6c45)n3)cc2)cc1. The Morgan fingerprint density at radius 3 is 1.54 bits per heavy atom. The molecule has 0 bridgehead atoms. The Morgan fingerprint density at radius 1 is 0.288 bits per heavy atom. The topological polar surface area (TPSA) is 51.8 Å². The second kappa shape index (κ2) is 14.5. The number of rotatable bonds is 7. The number of para-hydroxylation sites is 1. The first kappa shape index (κ1) is 34.3. The van der Waals surface area contributed by atoms with Crippen LogP contribution in [-0.2, 0) is 0 Å². The van der Waals surface area contributed by atoms with E-state index in [4.69, 9.17) is 19.4 Å². The molecule has 0 aliphatic rings. The van der Waals surface area contributed by atoms with Crippen molar-refractivity contribution in [1.29, 1.82) is 0 Å². The molecule has 4 nitrogen and oxygen atoms in total. The van der Waals surface area contributed by atoms with Crippen LogP contribution in [0.25, 0.3) is 111 Å². The maximum absolute atomic E-state index is 6.81. The number of hydrogen-bond acceptors (Lipinski definition) is 4. The molecule has 0 N–H and O–H groups in total. The van der Waals surface area contributed by atoms with Crippen LogP contribution in [0.15, 0.2) is 217 Å². The fourth-order valence-electron chi connectivity index (χ4n) is 8.31. The van der Waals surface area contributed by atoms with E-state index in [1.165, 1.54) is 5.56 Å². The Bertz CT molecular complexity index is 3300. The molecular weight excluding hydrogens is 719 g/mol. The van der Waals surface area contributed by atoms with Crippen molar-refractivity contribution in [2.45, 2.75) is 0 Å². The summed E-state index contributed by atoms with van der Waals surface area (Å²) in [6.45, 7) is 0. The van der Waals surface area contributed by atoms with E-state index in [1.54, 1.807) is 0 Å². The Morgan fingerprint density at radius 2 is 0.797 bits per heavy atom. The van der Waals surface area contributed by atoms with Crippen LogP contribution in [0.2, 0.25) is 0 Å². The maximum atomic E-state index is 6.81. The second-order valence-corrected chi connectivity index (χ2v) is 14.7. The molecule has 0 amide bonds. The first-order valence-corrected chi connectivity index (χ1v) is 19.9. The van der Waals surface area contributed by atoms with Gasteiger partial charge in [-0.25, -0.2) is 15.0 Å². The monoisotopic (exact) mass is 753 g/mol. The summed E-state index contributed by atoms with van der Waals surface area (Å²) < 4.78 is 6.81. The van der Waals surface area contributed by atoms with Gasteiger partial charge in [-0.05, 0) is 61.8 Å². The molecule has 0 radical (unpaired) electrons. The van der Waals surface area contributed by atoms with Crippen molar-refractivity contribution in [3.05, 3.63) is 212 Å². The van der Waals surface area contributed by atoms with Crippen molar-refractivity contribution in [3.63, 3.8) is 0 Å². The van der Waals surface area contributed by atoms with Gasteiger partial charge in [0.15, 0.2) is 17.5 Å². The van der Waals surface area contributed by atoms with E-state index < -0.39 is 0 Å². The Labute approximate surface area is 341 Å². The van der Waals surface area contributed by atoms with E-state index >= 15 is 0 Å². The summed E-state index contributed by atoms with van der Waals surface area (Å²) in [6.07, 6.45) is 0. The summed E-state index contributed by atoms with van der Waals surface area (Å²) in [5.41, 5.74) is 13.4. The molecule has 59 heavy (non-hydrogen) atoms. The van der Waals surface area contributed by atoms with Gasteiger partial charge < -0.3 is 4.42 Å². The highest BCUT2D eigenvalue weighted by Gasteiger charge is 2.21. The number of nitrogens with zero attached hydrogens (tertiary/aromatic N) is 3. The predicted octanol–water partition coefficient (Wildman–Crippen LogP) is 14.6. The first-order valence-electron chi connectivity index (χ1n) is 19.9. The van der Waals surface area contributed by atoms with E-state index in [-0.39, 0.29) is 0 Å². The zero-order valence-electron chi connectivity index (χ0n) is 32.0. The molecule has 276 valence electrons. The van der Waals surface area contributed by atoms with Gasteiger partial charge in [0, 0.05) is 33.0 Å². The van der Waals surface area contributed by atoms with Gasteiger partial charge in [0.2, 0.25) is 0 Å². The molecule has 11 aromatic rings. The quantitative estimate of drug-likeness (QED) is 0.163. The van der Waals surface area contributed by atoms with E-state index in [9.17, 15) is 0 Å². The average Bonchev–Trinajstić information content (AvgIpc) is 3.71. The molecule has 0 saturated heterocycles. The number of furan rings is 1. The smallest absolute Gasteiger partial charge is 0.164 e. The Balaban J connectivity index is 1.11. The van der Waals surface area contributed by atoms with E-state index in [0.717, 1.165) is 88.3 Å². The van der Waals surface area contributed by atoms with Crippen molar-refractivity contribution in [3.8, 4) is 78.7 Å². The molecular formula is C55H35N3O. The standard InChI is InChI=1S/C55H35N3O/c1-4-15-36(16-5-1)38-29-31-40(32-30-38)53-56-54(47-25-12-21-42-35-41(33-34-44(42)47)37-17-6-2-7-18-37)58-55(57-53)49-27-14-28-50-51(49)48-26-13-24-46(52(48)59-50)45-23-11-10-22-43(45)39-19-8-3-9-20-39/h1-35H. The zero-order valence-corrected chi connectivity index (χ0v) is 32.0. The normalized spacial score (nSPS) is 11.4. The van der Waals surface area contributed by atoms with E-state index in [2.05, 4.69) is 182 Å². The molecule has 0 spiro atoms. The van der Waals surface area contributed by atoms with Crippen molar-refractivity contribution in [2.75, 3.05) is 0 Å². The predicted molar refractivity (Wildman–Crippen MR) is 243 cm³/mol. The summed E-state index contributed by atoms with van der Waals surface area (Å²) >= 11 is 0. The van der Waals surface area contributed by atoms with Crippen LogP contribution < -0.4 is 0 Å². The molecule has 0 saturated carbocycles. The van der Waals surface area contributed by atoms with Gasteiger partial charge in [-0.2, -0.15) is 0 Å². The summed E-state index contributed by atoms with van der Waals surface area (Å²) in [7, 11) is 0. The van der Waals surface area contributed by atoms with Gasteiger partial charge in [-0.15, -0.1) is 0 Å². The minimum Gasteiger partial charge on any atom is -0.455 e. The van der Waals surface area contributed by atoms with Crippen LogP contribution in [0.5, 0.6) is 0 Å². The van der Waals surface area contributed by atoms with Gasteiger partial charge in [0.1, 0.15) is 11.2 Å². The van der Waals surface area contributed by atoms with Crippen molar-refractivity contribution >= 4 is 32.7 Å². The van der Waals surface area contributed by atoms with Gasteiger partial charge in [0.25, 0.3) is 0 Å². The van der Waals surface area contributed by atoms with Crippen LogP contribution in [0.1, 0.15) is 0 Å². The lowest BCUT2D eigenvalue weighted by molar-refractivity contribution is 0.670.